The van der Waals surface area contributed by atoms with Crippen molar-refractivity contribution >= 4 is 17.9 Å². The van der Waals surface area contributed by atoms with E-state index >= 15 is 0 Å². The van der Waals surface area contributed by atoms with Crippen LogP contribution in [0.5, 0.6) is 0 Å². The lowest BCUT2D eigenvalue weighted by Gasteiger charge is -2.18. The van der Waals surface area contributed by atoms with Gasteiger partial charge >= 0.3 is 17.9 Å². The molecule has 6 heteroatoms. The number of carbonyl (C=O) groups is 3. The molecule has 0 aliphatic carbocycles. The second-order valence-electron chi connectivity index (χ2n) is 20.2. The molecule has 0 aromatic heterocycles. The van der Waals surface area contributed by atoms with Crippen molar-refractivity contribution < 1.29 is 28.6 Å². The maximum Gasteiger partial charge on any atom is 0.306 e. The van der Waals surface area contributed by atoms with E-state index in [4.69, 9.17) is 14.2 Å². The Kier molecular flexibility index (Phi) is 61.5. The number of hydrogen-bond donors (Lipinski definition) is 0. The molecule has 0 aliphatic heterocycles. The van der Waals surface area contributed by atoms with Gasteiger partial charge in [-0.25, -0.2) is 0 Å². The number of unbranched alkanes of at least 4 members (excludes halogenated alkanes) is 14. The molecule has 80 heavy (non-hydrogen) atoms. The van der Waals surface area contributed by atoms with Gasteiger partial charge < -0.3 is 14.2 Å². The van der Waals surface area contributed by atoms with Crippen molar-refractivity contribution in [2.24, 2.45) is 0 Å². The molecule has 446 valence electrons. The van der Waals surface area contributed by atoms with Gasteiger partial charge in [0.25, 0.3) is 0 Å². The predicted octanol–water partition coefficient (Wildman–Crippen LogP) is 22.0. The van der Waals surface area contributed by atoms with E-state index in [0.29, 0.717) is 12.8 Å². The lowest BCUT2D eigenvalue weighted by atomic mass is 10.1. The fraction of sp³-hybridized carbons (Fsp3) is 0.554. The largest absolute Gasteiger partial charge is 0.462 e. The van der Waals surface area contributed by atoms with E-state index in [2.05, 4.69) is 203 Å². The topological polar surface area (TPSA) is 78.9 Å². The fourth-order valence-corrected chi connectivity index (χ4v) is 7.93. The van der Waals surface area contributed by atoms with Crippen molar-refractivity contribution in [3.05, 3.63) is 182 Å². The first-order valence-corrected chi connectivity index (χ1v) is 31.8. The summed E-state index contributed by atoms with van der Waals surface area (Å²) in [7, 11) is 0. The number of allylic oxidation sites excluding steroid dienone is 30. The van der Waals surface area contributed by atoms with Gasteiger partial charge in [-0.15, -0.1) is 0 Å². The van der Waals surface area contributed by atoms with Gasteiger partial charge in [-0.1, -0.05) is 254 Å². The molecule has 0 aliphatic rings. The van der Waals surface area contributed by atoms with Crippen molar-refractivity contribution in [1.82, 2.24) is 0 Å². The second-order valence-corrected chi connectivity index (χ2v) is 20.2. The highest BCUT2D eigenvalue weighted by molar-refractivity contribution is 5.71. The molecule has 0 aromatic carbocycles. The minimum Gasteiger partial charge on any atom is -0.462 e. The van der Waals surface area contributed by atoms with E-state index in [0.717, 1.165) is 167 Å². The molecule has 0 N–H and O–H groups in total. The van der Waals surface area contributed by atoms with Crippen LogP contribution in [0, 0.1) is 0 Å². The first-order valence-electron chi connectivity index (χ1n) is 31.8. The first kappa shape index (κ1) is 74.5. The summed E-state index contributed by atoms with van der Waals surface area (Å²) in [5.74, 6) is -1.03. The third-order valence-corrected chi connectivity index (χ3v) is 12.6. The Bertz CT molecular complexity index is 1890. The summed E-state index contributed by atoms with van der Waals surface area (Å²) in [5.41, 5.74) is 0. The van der Waals surface area contributed by atoms with E-state index in [1.54, 1.807) is 0 Å². The molecular formula is C74H114O6. The lowest BCUT2D eigenvalue weighted by Crippen LogP contribution is -2.30. The Morgan fingerprint density at radius 3 is 0.812 bits per heavy atom. The molecule has 0 rings (SSSR count). The predicted molar refractivity (Wildman–Crippen MR) is 348 cm³/mol. The van der Waals surface area contributed by atoms with Crippen LogP contribution >= 0.6 is 0 Å². The summed E-state index contributed by atoms with van der Waals surface area (Å²) >= 11 is 0. The van der Waals surface area contributed by atoms with Gasteiger partial charge in [0.15, 0.2) is 6.10 Å². The van der Waals surface area contributed by atoms with Crippen LogP contribution in [0.4, 0.5) is 0 Å². The SMILES string of the molecule is CC/C=C\C/C=C\C/C=C\C/C=C\C/C=C\C/C=C\C/C=C\C/C=C\C/C=C\CCCC(=O)OCC(COC(=O)CCCCCCC/C=C\C/C=C\CCCCCC)OC(=O)CCCCCC/C=C\C/C=C\C/C=C\C/C=C\CC. The molecule has 0 heterocycles. The molecule has 0 spiro atoms. The minimum absolute atomic E-state index is 0.122. The van der Waals surface area contributed by atoms with Crippen molar-refractivity contribution in [2.45, 2.75) is 252 Å². The molecule has 0 saturated carbocycles. The summed E-state index contributed by atoms with van der Waals surface area (Å²) < 4.78 is 16.8. The summed E-state index contributed by atoms with van der Waals surface area (Å²) in [6, 6.07) is 0. The van der Waals surface area contributed by atoms with E-state index in [1.807, 2.05) is 0 Å². The third kappa shape index (κ3) is 63.3. The highest BCUT2D eigenvalue weighted by Gasteiger charge is 2.19. The van der Waals surface area contributed by atoms with Gasteiger partial charge in [0, 0.05) is 19.3 Å². The van der Waals surface area contributed by atoms with Crippen LogP contribution in [0.3, 0.4) is 0 Å². The molecule has 1 atom stereocenters. The van der Waals surface area contributed by atoms with Gasteiger partial charge in [-0.2, -0.15) is 0 Å². The lowest BCUT2D eigenvalue weighted by molar-refractivity contribution is -0.167. The second kappa shape index (κ2) is 66.0. The van der Waals surface area contributed by atoms with Crippen LogP contribution in [-0.4, -0.2) is 37.2 Å². The third-order valence-electron chi connectivity index (χ3n) is 12.6. The Morgan fingerprint density at radius 1 is 0.263 bits per heavy atom. The highest BCUT2D eigenvalue weighted by Crippen LogP contribution is 2.12. The monoisotopic (exact) mass is 1100 g/mol. The molecule has 0 radical (unpaired) electrons. The Morgan fingerprint density at radius 2 is 0.500 bits per heavy atom. The summed E-state index contributed by atoms with van der Waals surface area (Å²) in [6.07, 6.45) is 98.9. The summed E-state index contributed by atoms with van der Waals surface area (Å²) in [4.78, 5) is 38.3. The van der Waals surface area contributed by atoms with E-state index in [1.165, 1.54) is 32.1 Å². The Hall–Kier alpha value is -5.49. The number of ether oxygens (including phenoxy) is 3. The van der Waals surface area contributed by atoms with Crippen LogP contribution in [-0.2, 0) is 28.6 Å². The molecule has 0 bridgehead atoms. The van der Waals surface area contributed by atoms with Crippen molar-refractivity contribution in [3.63, 3.8) is 0 Å². The van der Waals surface area contributed by atoms with Gasteiger partial charge in [0.1, 0.15) is 13.2 Å². The quantitative estimate of drug-likeness (QED) is 0.0261. The molecule has 0 amide bonds. The number of esters is 3. The average Bonchev–Trinajstić information content (AvgIpc) is 3.46. The highest BCUT2D eigenvalue weighted by atomic mass is 16.6. The average molecular weight is 1100 g/mol. The zero-order valence-corrected chi connectivity index (χ0v) is 51.0. The first-order chi connectivity index (χ1) is 39.5. The van der Waals surface area contributed by atoms with Gasteiger partial charge in [-0.05, 0) is 154 Å². The smallest absolute Gasteiger partial charge is 0.306 e. The molecule has 1 unspecified atom stereocenters. The molecule has 0 aromatic rings. The van der Waals surface area contributed by atoms with Crippen LogP contribution in [0.1, 0.15) is 245 Å². The van der Waals surface area contributed by atoms with Gasteiger partial charge in [0.05, 0.1) is 0 Å². The van der Waals surface area contributed by atoms with Crippen LogP contribution in [0.25, 0.3) is 0 Å². The normalized spacial score (nSPS) is 13.4. The van der Waals surface area contributed by atoms with Crippen molar-refractivity contribution in [2.75, 3.05) is 13.2 Å². The zero-order valence-electron chi connectivity index (χ0n) is 51.0. The number of carbonyl (C=O) groups excluding carboxylic acids is 3. The van der Waals surface area contributed by atoms with E-state index < -0.39 is 6.10 Å². The van der Waals surface area contributed by atoms with Crippen molar-refractivity contribution in [1.29, 1.82) is 0 Å². The van der Waals surface area contributed by atoms with E-state index in [9.17, 15) is 14.4 Å². The Labute approximate surface area is 491 Å². The van der Waals surface area contributed by atoms with E-state index in [-0.39, 0.29) is 44.0 Å². The van der Waals surface area contributed by atoms with Crippen LogP contribution < -0.4 is 0 Å². The number of rotatable bonds is 55. The zero-order chi connectivity index (χ0) is 57.8. The molecular weight excluding hydrogens is 985 g/mol. The minimum atomic E-state index is -0.832. The van der Waals surface area contributed by atoms with Gasteiger partial charge in [0.2, 0.25) is 0 Å². The van der Waals surface area contributed by atoms with Crippen LogP contribution in [0.15, 0.2) is 182 Å². The molecule has 6 nitrogen and oxygen atoms in total. The summed E-state index contributed by atoms with van der Waals surface area (Å²) in [6.45, 7) is 6.30. The van der Waals surface area contributed by atoms with Gasteiger partial charge in [-0.3, -0.25) is 14.4 Å². The number of hydrogen-bond acceptors (Lipinski definition) is 6. The van der Waals surface area contributed by atoms with Crippen LogP contribution in [0.2, 0.25) is 0 Å². The van der Waals surface area contributed by atoms with Crippen molar-refractivity contribution in [3.8, 4) is 0 Å². The fourth-order valence-electron chi connectivity index (χ4n) is 7.93. The standard InChI is InChI=1S/C74H114O6/c1-4-7-10-13-16-19-22-25-28-31-32-33-34-35-36-37-38-39-40-41-42-44-46-49-52-55-58-61-64-67-73(76)79-70-71(69-78-72(75)66-63-60-57-54-51-48-45-30-27-24-21-18-15-12-9-6-3)80-74(77)68-65-62-59-56-53-50-47-43-29-26-23-20-17-14-11-8-5-2/h7-8,10-11,16-17,19-21,24-26,28-30,32-33,35-36,38-39,41-42,45-47,49-50,55,58,71H,4-6,9,12-15,18,22-23,27,31,34,37,40,43-44,48,51-54,56-57,59-70H2,1-3H3/b10-7-,11-8-,19-16-,20-17-,24-21-,28-25-,29-26-,33-32-,36-35-,39-38-,42-41-,45-30-,49-46-,50-47-,58-55-. The maximum absolute atomic E-state index is 12.9. The molecule has 0 fully saturated rings. The maximum atomic E-state index is 12.9. The molecule has 0 saturated heterocycles. The summed E-state index contributed by atoms with van der Waals surface area (Å²) in [5, 5.41) is 0. The Balaban J connectivity index is 4.54.